The Morgan fingerprint density at radius 1 is 1.37 bits per heavy atom. The van der Waals surface area contributed by atoms with Crippen molar-refractivity contribution in [2.24, 2.45) is 5.41 Å². The summed E-state index contributed by atoms with van der Waals surface area (Å²) in [6.07, 6.45) is 0. The topological polar surface area (TPSA) is 66.4 Å². The predicted molar refractivity (Wildman–Crippen MR) is 77.5 cm³/mol. The number of nitrogens with one attached hydrogen (secondary N) is 1. The van der Waals surface area contributed by atoms with E-state index in [0.717, 1.165) is 0 Å². The summed E-state index contributed by atoms with van der Waals surface area (Å²) >= 11 is 9.23. The predicted octanol–water partition coefficient (Wildman–Crippen LogP) is 3.33. The fraction of sp³-hybridized carbons (Fsp3) is 0.385. The maximum absolute atomic E-state index is 12.1. The SMILES string of the molecule is CC(C)(C)[C@@H](NC(=O)c1cccc(Br)c1Cl)C(=O)O. The van der Waals surface area contributed by atoms with Gasteiger partial charge in [-0.25, -0.2) is 4.79 Å². The highest BCUT2D eigenvalue weighted by Crippen LogP contribution is 2.27. The number of carboxylic acids is 1. The molecule has 0 saturated carbocycles. The van der Waals surface area contributed by atoms with E-state index in [2.05, 4.69) is 21.2 Å². The van der Waals surface area contributed by atoms with E-state index in [0.29, 0.717) is 4.47 Å². The van der Waals surface area contributed by atoms with Crippen LogP contribution in [0.15, 0.2) is 22.7 Å². The summed E-state index contributed by atoms with van der Waals surface area (Å²) in [4.78, 5) is 23.3. The summed E-state index contributed by atoms with van der Waals surface area (Å²) in [6.45, 7) is 5.23. The highest BCUT2D eigenvalue weighted by molar-refractivity contribution is 9.10. The molecular formula is C13H15BrClNO3. The van der Waals surface area contributed by atoms with Crippen molar-refractivity contribution in [3.05, 3.63) is 33.3 Å². The third-order valence-corrected chi connectivity index (χ3v) is 3.88. The molecule has 19 heavy (non-hydrogen) atoms. The van der Waals surface area contributed by atoms with Crippen LogP contribution in [0.4, 0.5) is 0 Å². The minimum Gasteiger partial charge on any atom is -0.480 e. The van der Waals surface area contributed by atoms with E-state index < -0.39 is 23.3 Å². The molecule has 1 rings (SSSR count). The molecule has 1 aromatic rings. The zero-order valence-electron chi connectivity index (χ0n) is 10.8. The highest BCUT2D eigenvalue weighted by Gasteiger charge is 2.33. The Balaban J connectivity index is 3.02. The Hall–Kier alpha value is -1.07. The van der Waals surface area contributed by atoms with Crippen LogP contribution in [0.25, 0.3) is 0 Å². The van der Waals surface area contributed by atoms with E-state index in [-0.39, 0.29) is 10.6 Å². The van der Waals surface area contributed by atoms with Crippen molar-refractivity contribution in [3.8, 4) is 0 Å². The quantitative estimate of drug-likeness (QED) is 0.880. The van der Waals surface area contributed by atoms with Gasteiger partial charge >= 0.3 is 5.97 Å². The number of aliphatic carboxylic acids is 1. The van der Waals surface area contributed by atoms with Crippen LogP contribution in [0.1, 0.15) is 31.1 Å². The van der Waals surface area contributed by atoms with Gasteiger partial charge in [0.15, 0.2) is 0 Å². The molecule has 0 bridgehead atoms. The fourth-order valence-electron chi connectivity index (χ4n) is 1.54. The highest BCUT2D eigenvalue weighted by atomic mass is 79.9. The summed E-state index contributed by atoms with van der Waals surface area (Å²) in [5.74, 6) is -1.58. The number of hydrogen-bond acceptors (Lipinski definition) is 2. The monoisotopic (exact) mass is 347 g/mol. The first-order valence-electron chi connectivity index (χ1n) is 5.62. The van der Waals surface area contributed by atoms with Crippen LogP contribution in [-0.2, 0) is 4.79 Å². The molecule has 0 saturated heterocycles. The van der Waals surface area contributed by atoms with Crippen LogP contribution in [0.3, 0.4) is 0 Å². The Kier molecular flexibility index (Phi) is 4.98. The molecule has 0 heterocycles. The third kappa shape index (κ3) is 3.94. The van der Waals surface area contributed by atoms with Crippen LogP contribution in [0, 0.1) is 5.41 Å². The molecule has 2 N–H and O–H groups in total. The summed E-state index contributed by atoms with van der Waals surface area (Å²) < 4.78 is 0.587. The Bertz CT molecular complexity index is 511. The van der Waals surface area contributed by atoms with E-state index in [1.54, 1.807) is 39.0 Å². The second-order valence-corrected chi connectivity index (χ2v) is 6.44. The first kappa shape index (κ1) is 16.0. The average Bonchev–Trinajstić information content (AvgIpc) is 2.27. The number of rotatable bonds is 3. The van der Waals surface area contributed by atoms with Gasteiger partial charge in [-0.1, -0.05) is 38.4 Å². The van der Waals surface area contributed by atoms with Crippen LogP contribution in [-0.4, -0.2) is 23.0 Å². The van der Waals surface area contributed by atoms with Gasteiger partial charge in [0.25, 0.3) is 5.91 Å². The smallest absolute Gasteiger partial charge is 0.326 e. The van der Waals surface area contributed by atoms with Gasteiger partial charge in [-0.2, -0.15) is 0 Å². The van der Waals surface area contributed by atoms with Crippen LogP contribution >= 0.6 is 27.5 Å². The van der Waals surface area contributed by atoms with E-state index in [4.69, 9.17) is 11.6 Å². The van der Waals surface area contributed by atoms with Crippen molar-refractivity contribution >= 4 is 39.4 Å². The van der Waals surface area contributed by atoms with E-state index >= 15 is 0 Å². The molecule has 104 valence electrons. The molecule has 0 radical (unpaired) electrons. The molecule has 0 aliphatic carbocycles. The maximum atomic E-state index is 12.1. The molecule has 0 fully saturated rings. The van der Waals surface area contributed by atoms with Gasteiger partial charge in [0, 0.05) is 4.47 Å². The number of carbonyl (C=O) groups excluding carboxylic acids is 1. The van der Waals surface area contributed by atoms with E-state index in [9.17, 15) is 14.7 Å². The molecular weight excluding hydrogens is 334 g/mol. The number of carbonyl (C=O) groups is 2. The normalized spacial score (nSPS) is 12.9. The van der Waals surface area contributed by atoms with Crippen molar-refractivity contribution in [2.75, 3.05) is 0 Å². The molecule has 0 aliphatic rings. The van der Waals surface area contributed by atoms with Gasteiger partial charge in [0.2, 0.25) is 0 Å². The van der Waals surface area contributed by atoms with Crippen molar-refractivity contribution in [1.82, 2.24) is 5.32 Å². The molecule has 6 heteroatoms. The molecule has 0 aliphatic heterocycles. The van der Waals surface area contributed by atoms with Gasteiger partial charge < -0.3 is 10.4 Å². The lowest BCUT2D eigenvalue weighted by Gasteiger charge is -2.27. The van der Waals surface area contributed by atoms with Crippen LogP contribution in [0.5, 0.6) is 0 Å². The first-order valence-corrected chi connectivity index (χ1v) is 6.79. The van der Waals surface area contributed by atoms with Gasteiger partial charge in [-0.05, 0) is 33.5 Å². The van der Waals surface area contributed by atoms with Gasteiger partial charge in [-0.15, -0.1) is 0 Å². The summed E-state index contributed by atoms with van der Waals surface area (Å²) in [7, 11) is 0. The Labute approximate surface area is 125 Å². The second-order valence-electron chi connectivity index (χ2n) is 5.21. The number of amides is 1. The van der Waals surface area contributed by atoms with Crippen molar-refractivity contribution in [3.63, 3.8) is 0 Å². The summed E-state index contributed by atoms with van der Waals surface area (Å²) in [5.41, 5.74) is -0.355. The molecule has 1 atom stereocenters. The molecule has 1 aromatic carbocycles. The van der Waals surface area contributed by atoms with Gasteiger partial charge in [0.1, 0.15) is 6.04 Å². The molecule has 4 nitrogen and oxygen atoms in total. The van der Waals surface area contributed by atoms with Gasteiger partial charge in [-0.3, -0.25) is 4.79 Å². The second kappa shape index (κ2) is 5.92. The lowest BCUT2D eigenvalue weighted by molar-refractivity contribution is -0.142. The van der Waals surface area contributed by atoms with E-state index in [1.165, 1.54) is 0 Å². The number of benzene rings is 1. The van der Waals surface area contributed by atoms with Gasteiger partial charge in [0.05, 0.1) is 10.6 Å². The number of halogens is 2. The third-order valence-electron chi connectivity index (χ3n) is 2.58. The van der Waals surface area contributed by atoms with Crippen molar-refractivity contribution in [2.45, 2.75) is 26.8 Å². The number of hydrogen-bond donors (Lipinski definition) is 2. The Morgan fingerprint density at radius 3 is 2.42 bits per heavy atom. The largest absolute Gasteiger partial charge is 0.480 e. The summed E-state index contributed by atoms with van der Waals surface area (Å²) in [5, 5.41) is 11.9. The van der Waals surface area contributed by atoms with Crippen molar-refractivity contribution < 1.29 is 14.7 Å². The zero-order valence-corrected chi connectivity index (χ0v) is 13.2. The van der Waals surface area contributed by atoms with E-state index in [1.807, 2.05) is 0 Å². The minimum absolute atomic E-state index is 0.242. The molecule has 0 aromatic heterocycles. The maximum Gasteiger partial charge on any atom is 0.326 e. The standard InChI is InChI=1S/C13H15BrClNO3/c1-13(2,3)10(12(18)19)16-11(17)7-5-4-6-8(14)9(7)15/h4-6,10H,1-3H3,(H,16,17)(H,18,19)/t10-/m0/s1. The molecule has 0 unspecified atom stereocenters. The average molecular weight is 349 g/mol. The Morgan fingerprint density at radius 2 is 1.95 bits per heavy atom. The first-order chi connectivity index (χ1) is 8.64. The van der Waals surface area contributed by atoms with Crippen molar-refractivity contribution in [1.29, 1.82) is 0 Å². The molecule has 0 spiro atoms. The van der Waals surface area contributed by atoms with Crippen LogP contribution < -0.4 is 5.32 Å². The number of carboxylic acid groups (broad SMARTS) is 1. The lowest BCUT2D eigenvalue weighted by atomic mass is 9.86. The minimum atomic E-state index is -1.08. The lowest BCUT2D eigenvalue weighted by Crippen LogP contribution is -2.49. The summed E-state index contributed by atoms with van der Waals surface area (Å²) in [6, 6.07) is 3.93. The fourth-order valence-corrected chi connectivity index (χ4v) is 2.11. The van der Waals surface area contributed by atoms with Crippen LogP contribution in [0.2, 0.25) is 5.02 Å². The molecule has 1 amide bonds. The zero-order chi connectivity index (χ0) is 14.8.